The van der Waals surface area contributed by atoms with E-state index in [0.29, 0.717) is 23.3 Å². The highest BCUT2D eigenvalue weighted by molar-refractivity contribution is 5.66. The van der Waals surface area contributed by atoms with Crippen molar-refractivity contribution in [2.75, 3.05) is 6.61 Å². The van der Waals surface area contributed by atoms with E-state index in [4.69, 9.17) is 4.74 Å². The van der Waals surface area contributed by atoms with Crippen molar-refractivity contribution in [1.29, 1.82) is 0 Å². The van der Waals surface area contributed by atoms with E-state index < -0.39 is 17.5 Å². The molecule has 0 aliphatic heterocycles. The molecule has 2 fully saturated rings. The summed E-state index contributed by atoms with van der Waals surface area (Å²) >= 11 is 0. The van der Waals surface area contributed by atoms with E-state index >= 15 is 8.78 Å². The van der Waals surface area contributed by atoms with Crippen molar-refractivity contribution in [3.63, 3.8) is 0 Å². The lowest BCUT2D eigenvalue weighted by molar-refractivity contribution is 0.132. The first-order valence-corrected chi connectivity index (χ1v) is 11.2. The summed E-state index contributed by atoms with van der Waals surface area (Å²) in [4.78, 5) is 0. The third-order valence-corrected chi connectivity index (χ3v) is 7.14. The minimum absolute atomic E-state index is 0.0384. The molecule has 0 N–H and O–H groups in total. The maximum absolute atomic E-state index is 15.1. The first-order chi connectivity index (χ1) is 15.0. The first-order valence-electron chi connectivity index (χ1n) is 11.2. The van der Waals surface area contributed by atoms with Gasteiger partial charge < -0.3 is 4.74 Å². The Balaban J connectivity index is 1.54. The topological polar surface area (TPSA) is 9.23 Å². The number of hydrogen-bond acceptors (Lipinski definition) is 1. The Kier molecular flexibility index (Phi) is 6.54. The van der Waals surface area contributed by atoms with Crippen molar-refractivity contribution in [1.82, 2.24) is 0 Å². The molecule has 0 radical (unpaired) electrons. The van der Waals surface area contributed by atoms with Crippen LogP contribution >= 0.6 is 0 Å². The predicted octanol–water partition coefficient (Wildman–Crippen LogP) is 7.82. The summed E-state index contributed by atoms with van der Waals surface area (Å²) in [6, 6.07) is 7.42. The number of benzene rings is 2. The minimum atomic E-state index is -0.908. The predicted molar refractivity (Wildman–Crippen MR) is 119 cm³/mol. The molecule has 0 bridgehead atoms. The molecule has 0 amide bonds. The Hall–Kier alpha value is -2.49. The Bertz CT molecular complexity index is 967. The van der Waals surface area contributed by atoms with Gasteiger partial charge in [0.25, 0.3) is 0 Å². The van der Waals surface area contributed by atoms with Gasteiger partial charge in [-0.15, -0.1) is 6.58 Å². The van der Waals surface area contributed by atoms with Crippen molar-refractivity contribution in [3.05, 3.63) is 78.7 Å². The van der Waals surface area contributed by atoms with Gasteiger partial charge in [-0.25, -0.2) is 13.2 Å². The molecule has 2 aromatic carbocycles. The van der Waals surface area contributed by atoms with Gasteiger partial charge in [0, 0.05) is 5.56 Å². The average molecular weight is 427 g/mol. The first kappa shape index (κ1) is 21.7. The van der Waals surface area contributed by atoms with E-state index in [2.05, 4.69) is 19.2 Å². The van der Waals surface area contributed by atoms with Crippen LogP contribution in [-0.2, 0) is 0 Å². The van der Waals surface area contributed by atoms with E-state index in [9.17, 15) is 4.39 Å². The molecule has 0 heterocycles. The molecule has 4 atom stereocenters. The van der Waals surface area contributed by atoms with E-state index in [1.165, 1.54) is 24.6 Å². The highest BCUT2D eigenvalue weighted by Gasteiger charge is 2.36. The number of ether oxygens (including phenoxy) is 1. The van der Waals surface area contributed by atoms with Crippen LogP contribution in [0.25, 0.3) is 11.1 Å². The van der Waals surface area contributed by atoms with Crippen molar-refractivity contribution >= 4 is 0 Å². The van der Waals surface area contributed by atoms with E-state index in [-0.39, 0.29) is 29.4 Å². The van der Waals surface area contributed by atoms with Crippen molar-refractivity contribution in [3.8, 4) is 16.9 Å². The number of halogens is 3. The highest BCUT2D eigenvalue weighted by atomic mass is 19.2. The standard InChI is InChI=1S/C27H29F3O/c1-3-13-31-25-12-9-21(16-24(25)28)23-11-10-22(26(29)27(23)30)20-8-7-18-14-17(4-2)5-6-19(18)15-20/h3-4,9-12,16-20H,1-2,5-8,13-15H2. The fourth-order valence-corrected chi connectivity index (χ4v) is 5.46. The van der Waals surface area contributed by atoms with Gasteiger partial charge in [0.05, 0.1) is 0 Å². The Morgan fingerprint density at radius 3 is 2.42 bits per heavy atom. The zero-order chi connectivity index (χ0) is 22.0. The van der Waals surface area contributed by atoms with Crippen molar-refractivity contribution in [2.45, 2.75) is 44.4 Å². The number of hydrogen-bond donors (Lipinski definition) is 0. The molecule has 31 heavy (non-hydrogen) atoms. The molecule has 4 rings (SSSR count). The highest BCUT2D eigenvalue weighted by Crippen LogP contribution is 2.48. The molecule has 2 aromatic rings. The zero-order valence-corrected chi connectivity index (χ0v) is 17.8. The van der Waals surface area contributed by atoms with Gasteiger partial charge in [-0.05, 0) is 85.5 Å². The third kappa shape index (κ3) is 4.44. The molecule has 4 heteroatoms. The summed E-state index contributed by atoms with van der Waals surface area (Å²) < 4.78 is 49.6. The van der Waals surface area contributed by atoms with Gasteiger partial charge in [-0.1, -0.05) is 36.9 Å². The molecule has 164 valence electrons. The fourth-order valence-electron chi connectivity index (χ4n) is 5.46. The second-order valence-corrected chi connectivity index (χ2v) is 8.91. The van der Waals surface area contributed by atoms with Crippen LogP contribution < -0.4 is 4.74 Å². The van der Waals surface area contributed by atoms with Gasteiger partial charge >= 0.3 is 0 Å². The zero-order valence-electron chi connectivity index (χ0n) is 17.8. The summed E-state index contributed by atoms with van der Waals surface area (Å²) in [5.41, 5.74) is 0.811. The third-order valence-electron chi connectivity index (χ3n) is 7.14. The van der Waals surface area contributed by atoms with Gasteiger partial charge in [0.15, 0.2) is 23.2 Å². The second-order valence-electron chi connectivity index (χ2n) is 8.91. The molecule has 1 nitrogen and oxygen atoms in total. The Labute approximate surface area is 182 Å². The molecule has 2 aliphatic carbocycles. The lowest BCUT2D eigenvalue weighted by Crippen LogP contribution is -2.30. The van der Waals surface area contributed by atoms with E-state index in [1.807, 2.05) is 0 Å². The Morgan fingerprint density at radius 2 is 1.68 bits per heavy atom. The fraction of sp³-hybridized carbons (Fsp3) is 0.407. The van der Waals surface area contributed by atoms with Crippen LogP contribution in [0.1, 0.15) is 50.0 Å². The van der Waals surface area contributed by atoms with Gasteiger partial charge in [-0.2, -0.15) is 0 Å². The van der Waals surface area contributed by atoms with Crippen LogP contribution in [-0.4, -0.2) is 6.61 Å². The summed E-state index contributed by atoms with van der Waals surface area (Å²) in [5, 5.41) is 0. The molecule has 2 saturated carbocycles. The molecular formula is C27H29F3O. The van der Waals surface area contributed by atoms with Gasteiger partial charge in [0.1, 0.15) is 6.61 Å². The van der Waals surface area contributed by atoms with E-state index in [0.717, 1.165) is 32.1 Å². The summed E-state index contributed by atoms with van der Waals surface area (Å²) in [6.07, 6.45) is 9.88. The number of allylic oxidation sites excluding steroid dienone is 1. The van der Waals surface area contributed by atoms with Crippen LogP contribution in [0.5, 0.6) is 5.75 Å². The van der Waals surface area contributed by atoms with Crippen LogP contribution in [0, 0.1) is 35.2 Å². The molecule has 0 aromatic heterocycles. The van der Waals surface area contributed by atoms with Crippen LogP contribution in [0.3, 0.4) is 0 Å². The average Bonchev–Trinajstić information content (AvgIpc) is 2.79. The molecular weight excluding hydrogens is 397 g/mol. The quantitative estimate of drug-likeness (QED) is 0.428. The summed E-state index contributed by atoms with van der Waals surface area (Å²) in [5.74, 6) is -0.376. The molecule has 4 unspecified atom stereocenters. The monoisotopic (exact) mass is 426 g/mol. The molecule has 0 saturated heterocycles. The number of rotatable bonds is 6. The van der Waals surface area contributed by atoms with Crippen molar-refractivity contribution in [2.24, 2.45) is 17.8 Å². The Morgan fingerprint density at radius 1 is 0.903 bits per heavy atom. The summed E-state index contributed by atoms with van der Waals surface area (Å²) in [6.45, 7) is 7.63. The largest absolute Gasteiger partial charge is 0.486 e. The lowest BCUT2D eigenvalue weighted by atomic mass is 9.64. The molecule has 0 spiro atoms. The van der Waals surface area contributed by atoms with Crippen LogP contribution in [0.4, 0.5) is 13.2 Å². The molecule has 2 aliphatic rings. The van der Waals surface area contributed by atoms with Crippen molar-refractivity contribution < 1.29 is 17.9 Å². The lowest BCUT2D eigenvalue weighted by Gasteiger charge is -2.41. The summed E-state index contributed by atoms with van der Waals surface area (Å²) in [7, 11) is 0. The van der Waals surface area contributed by atoms with Gasteiger partial charge in [0.2, 0.25) is 0 Å². The van der Waals surface area contributed by atoms with E-state index in [1.54, 1.807) is 18.2 Å². The smallest absolute Gasteiger partial charge is 0.166 e. The van der Waals surface area contributed by atoms with Crippen LogP contribution in [0.15, 0.2) is 55.6 Å². The second kappa shape index (κ2) is 9.33. The maximum Gasteiger partial charge on any atom is 0.166 e. The van der Waals surface area contributed by atoms with Gasteiger partial charge in [-0.3, -0.25) is 0 Å². The maximum atomic E-state index is 15.1. The van der Waals surface area contributed by atoms with Crippen LogP contribution in [0.2, 0.25) is 0 Å². The number of fused-ring (bicyclic) bond motifs is 1. The SMILES string of the molecule is C=CCOc1ccc(-c2ccc(C3CCC4CC(C=C)CCC4C3)c(F)c2F)cc1F. The normalized spacial score (nSPS) is 25.5. The minimum Gasteiger partial charge on any atom is -0.486 e.